The molecule has 0 saturated heterocycles. The molecule has 102 valence electrons. The van der Waals surface area contributed by atoms with Gasteiger partial charge >= 0.3 is 17.9 Å². The van der Waals surface area contributed by atoms with Crippen molar-refractivity contribution in [3.05, 3.63) is 35.9 Å². The SMILES string of the molecule is COC(=O)[C@H](CC(=O)O)NOC(=O)c1ccccc1. The van der Waals surface area contributed by atoms with Gasteiger partial charge in [-0.25, -0.2) is 4.79 Å². The third-order valence-electron chi connectivity index (χ3n) is 2.17. The monoisotopic (exact) mass is 267 g/mol. The van der Waals surface area contributed by atoms with E-state index in [-0.39, 0.29) is 5.56 Å². The molecule has 19 heavy (non-hydrogen) atoms. The Kier molecular flexibility index (Phi) is 5.49. The quantitative estimate of drug-likeness (QED) is 0.566. The molecule has 0 heterocycles. The predicted octanol–water partition coefficient (Wildman–Crippen LogP) is 0.364. The Balaban J connectivity index is 2.59. The number of carbonyl (C=O) groups excluding carboxylic acids is 2. The van der Waals surface area contributed by atoms with Gasteiger partial charge in [0, 0.05) is 0 Å². The zero-order valence-electron chi connectivity index (χ0n) is 10.2. The molecule has 0 radical (unpaired) electrons. The fraction of sp³-hybridized carbons (Fsp3) is 0.250. The van der Waals surface area contributed by atoms with E-state index in [1.165, 1.54) is 12.1 Å². The summed E-state index contributed by atoms with van der Waals surface area (Å²) in [6.45, 7) is 0. The van der Waals surface area contributed by atoms with Crippen molar-refractivity contribution in [1.82, 2.24) is 5.48 Å². The zero-order valence-corrected chi connectivity index (χ0v) is 10.2. The van der Waals surface area contributed by atoms with E-state index in [2.05, 4.69) is 15.1 Å². The maximum Gasteiger partial charge on any atom is 0.356 e. The zero-order chi connectivity index (χ0) is 14.3. The molecular formula is C12H13NO6. The summed E-state index contributed by atoms with van der Waals surface area (Å²) < 4.78 is 4.40. The van der Waals surface area contributed by atoms with Crippen molar-refractivity contribution in [2.75, 3.05) is 7.11 Å². The van der Waals surface area contributed by atoms with Crippen molar-refractivity contribution in [2.24, 2.45) is 0 Å². The number of carbonyl (C=O) groups is 3. The largest absolute Gasteiger partial charge is 0.481 e. The van der Waals surface area contributed by atoms with Gasteiger partial charge in [0.1, 0.15) is 0 Å². The summed E-state index contributed by atoms with van der Waals surface area (Å²) >= 11 is 0. The van der Waals surface area contributed by atoms with Crippen LogP contribution >= 0.6 is 0 Å². The number of methoxy groups -OCH3 is 1. The summed E-state index contributed by atoms with van der Waals surface area (Å²) in [6, 6.07) is 6.81. The number of esters is 1. The second kappa shape index (κ2) is 7.12. The number of hydrogen-bond donors (Lipinski definition) is 2. The number of ether oxygens (including phenoxy) is 1. The van der Waals surface area contributed by atoms with E-state index in [4.69, 9.17) is 5.11 Å². The van der Waals surface area contributed by atoms with E-state index in [0.29, 0.717) is 0 Å². The molecule has 1 aromatic carbocycles. The summed E-state index contributed by atoms with van der Waals surface area (Å²) in [6.07, 6.45) is -0.561. The minimum atomic E-state index is -1.25. The van der Waals surface area contributed by atoms with Gasteiger partial charge in [-0.15, -0.1) is 5.48 Å². The van der Waals surface area contributed by atoms with Gasteiger partial charge in [-0.1, -0.05) is 18.2 Å². The third kappa shape index (κ3) is 4.76. The Morgan fingerprint density at radius 2 is 1.89 bits per heavy atom. The average Bonchev–Trinajstić information content (AvgIpc) is 2.42. The summed E-state index contributed by atoms with van der Waals surface area (Å²) in [5.41, 5.74) is 2.37. The van der Waals surface area contributed by atoms with Crippen LogP contribution in [0.3, 0.4) is 0 Å². The van der Waals surface area contributed by atoms with E-state index in [0.717, 1.165) is 7.11 Å². The van der Waals surface area contributed by atoms with Crippen molar-refractivity contribution < 1.29 is 29.1 Å². The van der Waals surface area contributed by atoms with Crippen LogP contribution in [0.25, 0.3) is 0 Å². The van der Waals surface area contributed by atoms with Crippen LogP contribution in [-0.4, -0.2) is 36.2 Å². The minimum Gasteiger partial charge on any atom is -0.481 e. The van der Waals surface area contributed by atoms with Crippen LogP contribution in [0.1, 0.15) is 16.8 Å². The van der Waals surface area contributed by atoms with Crippen molar-refractivity contribution in [3.63, 3.8) is 0 Å². The molecular weight excluding hydrogens is 254 g/mol. The molecule has 0 saturated carbocycles. The molecule has 1 aromatic rings. The van der Waals surface area contributed by atoms with Gasteiger partial charge in [0.25, 0.3) is 0 Å². The lowest BCUT2D eigenvalue weighted by Crippen LogP contribution is -2.40. The second-order valence-corrected chi connectivity index (χ2v) is 3.55. The molecule has 7 heteroatoms. The van der Waals surface area contributed by atoms with Crippen LogP contribution in [0, 0.1) is 0 Å². The smallest absolute Gasteiger partial charge is 0.356 e. The number of hydroxylamine groups is 1. The first-order chi connectivity index (χ1) is 9.04. The van der Waals surface area contributed by atoms with Gasteiger partial charge in [0.15, 0.2) is 6.04 Å². The maximum absolute atomic E-state index is 11.6. The Morgan fingerprint density at radius 3 is 2.42 bits per heavy atom. The summed E-state index contributed by atoms with van der Waals surface area (Å²) in [5.74, 6) is -2.78. The molecule has 7 nitrogen and oxygen atoms in total. The first kappa shape index (κ1) is 14.7. The normalized spacial score (nSPS) is 11.4. The Hall–Kier alpha value is -2.41. The highest BCUT2D eigenvalue weighted by atomic mass is 16.7. The first-order valence-corrected chi connectivity index (χ1v) is 5.36. The lowest BCUT2D eigenvalue weighted by Gasteiger charge is -2.13. The number of hydrogen-bond acceptors (Lipinski definition) is 6. The van der Waals surface area contributed by atoms with Gasteiger partial charge < -0.3 is 14.7 Å². The van der Waals surface area contributed by atoms with Crippen LogP contribution in [0.15, 0.2) is 30.3 Å². The molecule has 0 amide bonds. The fourth-order valence-corrected chi connectivity index (χ4v) is 1.25. The molecule has 0 fully saturated rings. The van der Waals surface area contributed by atoms with Gasteiger partial charge in [-0.3, -0.25) is 9.59 Å². The average molecular weight is 267 g/mol. The summed E-state index contributed by atoms with van der Waals surface area (Å²) in [5, 5.41) is 8.62. The Morgan fingerprint density at radius 1 is 1.26 bits per heavy atom. The summed E-state index contributed by atoms with van der Waals surface area (Å²) in [4.78, 5) is 38.0. The number of aliphatic carboxylic acids is 1. The van der Waals surface area contributed by atoms with E-state index < -0.39 is 30.4 Å². The van der Waals surface area contributed by atoms with Crippen molar-refractivity contribution in [3.8, 4) is 0 Å². The van der Waals surface area contributed by atoms with Crippen molar-refractivity contribution in [2.45, 2.75) is 12.5 Å². The highest BCUT2D eigenvalue weighted by Gasteiger charge is 2.24. The standard InChI is InChI=1S/C12H13NO6/c1-18-12(17)9(7-10(14)15)13-19-11(16)8-5-3-2-4-6-8/h2-6,9,13H,7H2,1H3,(H,14,15)/t9-/m0/s1. The molecule has 1 rings (SSSR count). The van der Waals surface area contributed by atoms with Crippen LogP contribution < -0.4 is 5.48 Å². The molecule has 0 aliphatic heterocycles. The number of carboxylic acid groups (broad SMARTS) is 1. The maximum atomic E-state index is 11.6. The second-order valence-electron chi connectivity index (χ2n) is 3.55. The first-order valence-electron chi connectivity index (χ1n) is 5.36. The van der Waals surface area contributed by atoms with E-state index >= 15 is 0 Å². The molecule has 0 aromatic heterocycles. The highest BCUT2D eigenvalue weighted by molar-refractivity contribution is 5.89. The van der Waals surface area contributed by atoms with Crippen LogP contribution in [0.4, 0.5) is 0 Å². The number of nitrogens with one attached hydrogen (secondary N) is 1. The lowest BCUT2D eigenvalue weighted by molar-refractivity contribution is -0.151. The number of benzene rings is 1. The van der Waals surface area contributed by atoms with Crippen LogP contribution in [0.5, 0.6) is 0 Å². The van der Waals surface area contributed by atoms with E-state index in [9.17, 15) is 14.4 Å². The van der Waals surface area contributed by atoms with E-state index in [1.807, 2.05) is 0 Å². The third-order valence-corrected chi connectivity index (χ3v) is 2.17. The topological polar surface area (TPSA) is 102 Å². The van der Waals surface area contributed by atoms with E-state index in [1.54, 1.807) is 18.2 Å². The Bertz CT molecular complexity index is 459. The van der Waals surface area contributed by atoms with Crippen LogP contribution in [-0.2, 0) is 19.2 Å². The molecule has 0 spiro atoms. The molecule has 0 unspecified atom stereocenters. The molecule has 0 bridgehead atoms. The minimum absolute atomic E-state index is 0.272. The highest BCUT2D eigenvalue weighted by Crippen LogP contribution is 2.02. The molecule has 0 aliphatic carbocycles. The molecule has 2 N–H and O–H groups in total. The molecule has 1 atom stereocenters. The van der Waals surface area contributed by atoms with Gasteiger partial charge in [-0.05, 0) is 12.1 Å². The van der Waals surface area contributed by atoms with Gasteiger partial charge in [-0.2, -0.15) is 0 Å². The predicted molar refractivity (Wildman–Crippen MR) is 63.1 cm³/mol. The number of carboxylic acids is 1. The lowest BCUT2D eigenvalue weighted by atomic mass is 10.2. The Labute approximate surface area is 109 Å². The number of rotatable bonds is 6. The molecule has 0 aliphatic rings. The fourth-order valence-electron chi connectivity index (χ4n) is 1.25. The van der Waals surface area contributed by atoms with Crippen molar-refractivity contribution >= 4 is 17.9 Å². The van der Waals surface area contributed by atoms with Gasteiger partial charge in [0.2, 0.25) is 0 Å². The van der Waals surface area contributed by atoms with Gasteiger partial charge in [0.05, 0.1) is 19.1 Å². The summed E-state index contributed by atoms with van der Waals surface area (Å²) in [7, 11) is 1.11. The van der Waals surface area contributed by atoms with Crippen molar-refractivity contribution in [1.29, 1.82) is 0 Å². The van der Waals surface area contributed by atoms with Crippen LogP contribution in [0.2, 0.25) is 0 Å².